The number of ether oxygens (including phenoxy) is 1. The Morgan fingerprint density at radius 2 is 1.04 bits per heavy atom. The zero-order chi connectivity index (χ0) is 35.6. The molecule has 1 atom stereocenters. The summed E-state index contributed by atoms with van der Waals surface area (Å²) >= 11 is 0. The predicted molar refractivity (Wildman–Crippen MR) is 219 cm³/mol. The van der Waals surface area contributed by atoms with Gasteiger partial charge in [0.1, 0.15) is 16.7 Å². The number of rotatable bonds is 5. The molecule has 11 rings (SSSR count). The van der Waals surface area contributed by atoms with Crippen LogP contribution in [-0.2, 0) is 5.41 Å². The Labute approximate surface area is 314 Å². The molecule has 254 valence electrons. The van der Waals surface area contributed by atoms with Crippen LogP contribution in [0.4, 0.5) is 17.1 Å². The normalized spacial score (nSPS) is 14.9. The fourth-order valence-corrected chi connectivity index (χ4v) is 8.83. The lowest BCUT2D eigenvalue weighted by molar-refractivity contribution is 0.389. The molecule has 1 spiro atoms. The molecule has 0 fully saturated rings. The number of fused-ring (bicyclic) bond motifs is 11. The maximum absolute atomic E-state index is 6.90. The minimum atomic E-state index is -0.701. The molecule has 1 aliphatic carbocycles. The van der Waals surface area contributed by atoms with E-state index in [4.69, 9.17) is 9.15 Å². The van der Waals surface area contributed by atoms with E-state index in [-0.39, 0.29) is 0 Å². The number of para-hydroxylation sites is 3. The van der Waals surface area contributed by atoms with E-state index >= 15 is 0 Å². The molecule has 0 radical (unpaired) electrons. The average Bonchev–Trinajstić information content (AvgIpc) is 3.76. The number of furan rings is 1. The van der Waals surface area contributed by atoms with Crippen molar-refractivity contribution in [2.75, 3.05) is 4.90 Å². The molecule has 1 unspecified atom stereocenters. The van der Waals surface area contributed by atoms with Crippen LogP contribution in [0.3, 0.4) is 0 Å². The number of nitrogens with zero attached hydrogens (tertiary/aromatic N) is 1. The fraction of sp³-hybridized carbons (Fsp3) is 0.0196. The number of anilines is 3. The Hall–Kier alpha value is -7.10. The lowest BCUT2D eigenvalue weighted by Crippen LogP contribution is -2.31. The molecule has 0 bridgehead atoms. The van der Waals surface area contributed by atoms with Crippen molar-refractivity contribution in [2.24, 2.45) is 0 Å². The van der Waals surface area contributed by atoms with E-state index in [0.717, 1.165) is 62.0 Å². The highest BCUT2D eigenvalue weighted by Crippen LogP contribution is 2.64. The van der Waals surface area contributed by atoms with Crippen molar-refractivity contribution in [3.8, 4) is 44.9 Å². The summed E-state index contributed by atoms with van der Waals surface area (Å²) in [6, 6.07) is 71.3. The van der Waals surface area contributed by atoms with Gasteiger partial charge in [0.2, 0.25) is 0 Å². The first-order valence-corrected chi connectivity index (χ1v) is 18.4. The van der Waals surface area contributed by atoms with Gasteiger partial charge in [-0.3, -0.25) is 0 Å². The Morgan fingerprint density at radius 1 is 0.407 bits per heavy atom. The van der Waals surface area contributed by atoms with E-state index in [0.29, 0.717) is 0 Å². The predicted octanol–water partition coefficient (Wildman–Crippen LogP) is 13.7. The number of benzene rings is 8. The summed E-state index contributed by atoms with van der Waals surface area (Å²) in [4.78, 5) is 2.41. The zero-order valence-electron chi connectivity index (χ0n) is 29.3. The minimum absolute atomic E-state index is 0.701. The van der Waals surface area contributed by atoms with Crippen LogP contribution < -0.4 is 9.64 Å². The van der Waals surface area contributed by atoms with Gasteiger partial charge < -0.3 is 14.1 Å². The summed E-state index contributed by atoms with van der Waals surface area (Å²) in [6.07, 6.45) is 0. The van der Waals surface area contributed by atoms with Gasteiger partial charge in [0.25, 0.3) is 0 Å². The molecule has 0 amide bonds. The van der Waals surface area contributed by atoms with Crippen molar-refractivity contribution in [3.05, 3.63) is 223 Å². The smallest absolute Gasteiger partial charge is 0.178 e. The molecule has 9 aromatic rings. The van der Waals surface area contributed by atoms with Crippen molar-refractivity contribution < 1.29 is 9.15 Å². The van der Waals surface area contributed by atoms with Crippen LogP contribution >= 0.6 is 0 Å². The molecule has 2 heterocycles. The van der Waals surface area contributed by atoms with E-state index in [2.05, 4.69) is 187 Å². The van der Waals surface area contributed by atoms with Gasteiger partial charge in [-0.05, 0) is 87.5 Å². The largest absolute Gasteiger partial charge is 0.455 e. The van der Waals surface area contributed by atoms with E-state index in [1.54, 1.807) is 0 Å². The first-order valence-electron chi connectivity index (χ1n) is 18.4. The molecule has 0 saturated carbocycles. The van der Waals surface area contributed by atoms with Gasteiger partial charge in [0.05, 0.1) is 11.1 Å². The molecule has 1 aliphatic heterocycles. The third-order valence-corrected chi connectivity index (χ3v) is 11.1. The second-order valence-electron chi connectivity index (χ2n) is 14.0. The second-order valence-corrected chi connectivity index (χ2v) is 14.0. The SMILES string of the molecule is c1ccc(-c2cccc(N(c3ccc4c(c3)-c3ccccc3C43c4ccccc4Oc4c3oc3ccccc43)c3ccccc3-c3ccccc3)c2)cc1. The summed E-state index contributed by atoms with van der Waals surface area (Å²) in [7, 11) is 0. The van der Waals surface area contributed by atoms with E-state index < -0.39 is 5.41 Å². The van der Waals surface area contributed by atoms with E-state index in [9.17, 15) is 0 Å². The molecule has 0 N–H and O–H groups in total. The van der Waals surface area contributed by atoms with Gasteiger partial charge >= 0.3 is 0 Å². The molecule has 54 heavy (non-hydrogen) atoms. The standard InChI is InChI=1S/C51H33NO2/c1-3-16-34(17-4-1)36-20-15-21-37(32-36)52(46-27-12-8-22-39(46)35-18-5-2-6-19-35)38-30-31-44-42(33-38)40-23-7-10-25-43(40)51(44)45-26-11-14-29-48(45)53-49-41-24-9-13-28-47(41)54-50(49)51/h1-33H. The highest BCUT2D eigenvalue weighted by molar-refractivity contribution is 5.96. The van der Waals surface area contributed by atoms with Crippen LogP contribution in [0.15, 0.2) is 205 Å². The van der Waals surface area contributed by atoms with Crippen molar-refractivity contribution >= 4 is 28.0 Å². The monoisotopic (exact) mass is 691 g/mol. The Kier molecular flexibility index (Phi) is 6.77. The number of hydrogen-bond acceptors (Lipinski definition) is 3. The number of hydrogen-bond donors (Lipinski definition) is 0. The minimum Gasteiger partial charge on any atom is -0.455 e. The zero-order valence-corrected chi connectivity index (χ0v) is 29.3. The Morgan fingerprint density at radius 3 is 1.89 bits per heavy atom. The first-order chi connectivity index (χ1) is 26.8. The van der Waals surface area contributed by atoms with Gasteiger partial charge in [-0.1, -0.05) is 152 Å². The third-order valence-electron chi connectivity index (χ3n) is 11.1. The highest BCUT2D eigenvalue weighted by Gasteiger charge is 2.54. The molecule has 0 saturated heterocycles. The summed E-state index contributed by atoms with van der Waals surface area (Å²) in [5.74, 6) is 2.45. The lowest BCUT2D eigenvalue weighted by Gasteiger charge is -2.36. The van der Waals surface area contributed by atoms with Crippen LogP contribution in [0.2, 0.25) is 0 Å². The second kappa shape index (κ2) is 12.0. The van der Waals surface area contributed by atoms with Gasteiger partial charge in [0, 0.05) is 22.5 Å². The van der Waals surface area contributed by atoms with Crippen LogP contribution in [0.25, 0.3) is 44.3 Å². The van der Waals surface area contributed by atoms with Crippen molar-refractivity contribution in [3.63, 3.8) is 0 Å². The topological polar surface area (TPSA) is 25.6 Å². The summed E-state index contributed by atoms with van der Waals surface area (Å²) < 4.78 is 13.6. The van der Waals surface area contributed by atoms with Crippen LogP contribution in [0, 0.1) is 0 Å². The van der Waals surface area contributed by atoms with Crippen LogP contribution in [-0.4, -0.2) is 0 Å². The van der Waals surface area contributed by atoms with Crippen LogP contribution in [0.5, 0.6) is 11.5 Å². The summed E-state index contributed by atoms with van der Waals surface area (Å²) in [5, 5.41) is 0.978. The maximum atomic E-state index is 6.90. The maximum Gasteiger partial charge on any atom is 0.178 e. The van der Waals surface area contributed by atoms with Gasteiger partial charge in [-0.15, -0.1) is 0 Å². The first kappa shape index (κ1) is 30.5. The third kappa shape index (κ3) is 4.42. The van der Waals surface area contributed by atoms with Crippen LogP contribution in [0.1, 0.15) is 22.5 Å². The molecular weight excluding hydrogens is 659 g/mol. The fourth-order valence-electron chi connectivity index (χ4n) is 8.83. The average molecular weight is 692 g/mol. The molecule has 3 nitrogen and oxygen atoms in total. The summed E-state index contributed by atoms with van der Waals surface area (Å²) in [6.45, 7) is 0. The quantitative estimate of drug-likeness (QED) is 0.180. The van der Waals surface area contributed by atoms with Crippen molar-refractivity contribution in [1.82, 2.24) is 0 Å². The lowest BCUT2D eigenvalue weighted by atomic mass is 9.69. The molecular formula is C51H33NO2. The van der Waals surface area contributed by atoms with Crippen molar-refractivity contribution in [1.29, 1.82) is 0 Å². The molecule has 8 aromatic carbocycles. The summed E-state index contributed by atoms with van der Waals surface area (Å²) in [5.41, 5.74) is 13.8. The Balaban J connectivity index is 1.18. The van der Waals surface area contributed by atoms with E-state index in [1.807, 2.05) is 18.2 Å². The molecule has 1 aromatic heterocycles. The van der Waals surface area contributed by atoms with Gasteiger partial charge in [0.15, 0.2) is 11.5 Å². The van der Waals surface area contributed by atoms with E-state index in [1.165, 1.54) is 33.4 Å². The highest BCUT2D eigenvalue weighted by atomic mass is 16.5. The van der Waals surface area contributed by atoms with Gasteiger partial charge in [-0.25, -0.2) is 0 Å². The molecule has 2 aliphatic rings. The Bertz CT molecular complexity index is 2870. The van der Waals surface area contributed by atoms with Crippen molar-refractivity contribution in [2.45, 2.75) is 5.41 Å². The molecule has 3 heteroatoms. The van der Waals surface area contributed by atoms with Gasteiger partial charge in [-0.2, -0.15) is 0 Å².